The Morgan fingerprint density at radius 2 is 2.00 bits per heavy atom. The zero-order valence-electron chi connectivity index (χ0n) is 13.1. The molecule has 0 saturated carbocycles. The van der Waals surface area contributed by atoms with E-state index in [0.29, 0.717) is 19.0 Å². The highest BCUT2D eigenvalue weighted by atomic mass is 16.6. The average molecular weight is 326 g/mol. The van der Waals surface area contributed by atoms with Crippen LogP contribution in [0.5, 0.6) is 11.5 Å². The van der Waals surface area contributed by atoms with E-state index in [1.807, 2.05) is 18.2 Å². The second-order valence-electron chi connectivity index (χ2n) is 5.94. The van der Waals surface area contributed by atoms with Gasteiger partial charge in [-0.15, -0.1) is 0 Å². The van der Waals surface area contributed by atoms with E-state index in [9.17, 15) is 4.79 Å². The first-order chi connectivity index (χ1) is 11.7. The Balaban J connectivity index is 1.65. The Hall–Kier alpha value is -2.76. The molecule has 0 spiro atoms. The summed E-state index contributed by atoms with van der Waals surface area (Å²) in [4.78, 5) is 17.6. The van der Waals surface area contributed by atoms with E-state index in [-0.39, 0.29) is 11.7 Å². The number of carboxylic acid groups (broad SMARTS) is 1. The van der Waals surface area contributed by atoms with Crippen molar-refractivity contribution in [2.45, 2.75) is 18.9 Å². The monoisotopic (exact) mass is 326 g/mol. The van der Waals surface area contributed by atoms with Crippen LogP contribution in [0.15, 0.2) is 36.4 Å². The molecule has 2 aliphatic rings. The molecule has 3 heterocycles. The molecule has 0 radical (unpaired) electrons. The van der Waals surface area contributed by atoms with E-state index >= 15 is 0 Å². The van der Waals surface area contributed by atoms with Crippen LogP contribution in [0.2, 0.25) is 0 Å². The van der Waals surface area contributed by atoms with Crippen LogP contribution in [0.25, 0.3) is 0 Å². The van der Waals surface area contributed by atoms with Crippen molar-refractivity contribution in [3.05, 3.63) is 47.7 Å². The van der Waals surface area contributed by atoms with E-state index < -0.39 is 5.97 Å². The van der Waals surface area contributed by atoms with Gasteiger partial charge in [0.2, 0.25) is 0 Å². The van der Waals surface area contributed by atoms with Gasteiger partial charge in [-0.05, 0) is 42.7 Å². The zero-order chi connectivity index (χ0) is 16.5. The van der Waals surface area contributed by atoms with E-state index in [1.54, 1.807) is 6.07 Å². The predicted molar refractivity (Wildman–Crippen MR) is 87.9 cm³/mol. The van der Waals surface area contributed by atoms with Crippen LogP contribution in [-0.2, 0) is 0 Å². The molecular formula is C18H18N2O4. The number of aromatic nitrogens is 1. The summed E-state index contributed by atoms with van der Waals surface area (Å²) >= 11 is 0. The first-order valence-corrected chi connectivity index (χ1v) is 8.09. The van der Waals surface area contributed by atoms with Gasteiger partial charge in [0.05, 0.1) is 6.04 Å². The number of fused-ring (bicyclic) bond motifs is 1. The van der Waals surface area contributed by atoms with Crippen molar-refractivity contribution in [3.63, 3.8) is 0 Å². The molecule has 0 bridgehead atoms. The fraction of sp³-hybridized carbons (Fsp3) is 0.333. The number of benzene rings is 1. The number of nitrogens with zero attached hydrogens (tertiary/aromatic N) is 2. The minimum absolute atomic E-state index is 0.0697. The van der Waals surface area contributed by atoms with Crippen LogP contribution in [0, 0.1) is 0 Å². The second-order valence-corrected chi connectivity index (χ2v) is 5.94. The number of rotatable bonds is 3. The molecule has 6 heteroatoms. The minimum Gasteiger partial charge on any atom is -0.486 e. The van der Waals surface area contributed by atoms with Crippen molar-refractivity contribution < 1.29 is 19.4 Å². The third-order valence-corrected chi connectivity index (χ3v) is 4.45. The lowest BCUT2D eigenvalue weighted by atomic mass is 10.0. The molecule has 1 aromatic carbocycles. The van der Waals surface area contributed by atoms with Gasteiger partial charge in [-0.1, -0.05) is 12.1 Å². The van der Waals surface area contributed by atoms with Crippen LogP contribution in [0.3, 0.4) is 0 Å². The Kier molecular flexibility index (Phi) is 3.72. The number of carboxylic acids is 1. The highest BCUT2D eigenvalue weighted by Gasteiger charge is 2.28. The van der Waals surface area contributed by atoms with E-state index in [4.69, 9.17) is 14.6 Å². The van der Waals surface area contributed by atoms with Gasteiger partial charge in [0.25, 0.3) is 0 Å². The summed E-state index contributed by atoms with van der Waals surface area (Å²) in [5.41, 5.74) is 1.21. The summed E-state index contributed by atoms with van der Waals surface area (Å²) in [6, 6.07) is 11.3. The summed E-state index contributed by atoms with van der Waals surface area (Å²) in [5, 5.41) is 9.16. The van der Waals surface area contributed by atoms with Crippen LogP contribution >= 0.6 is 0 Å². The molecule has 1 N–H and O–H groups in total. The lowest BCUT2D eigenvalue weighted by Crippen LogP contribution is -2.24. The quantitative estimate of drug-likeness (QED) is 0.935. The Labute approximate surface area is 139 Å². The summed E-state index contributed by atoms with van der Waals surface area (Å²) < 4.78 is 11.3. The zero-order valence-corrected chi connectivity index (χ0v) is 13.1. The van der Waals surface area contributed by atoms with Crippen LogP contribution in [-0.4, -0.2) is 35.8 Å². The Morgan fingerprint density at radius 3 is 2.83 bits per heavy atom. The van der Waals surface area contributed by atoms with Crippen LogP contribution < -0.4 is 14.4 Å². The fourth-order valence-corrected chi connectivity index (χ4v) is 3.36. The molecule has 1 fully saturated rings. The van der Waals surface area contributed by atoms with Crippen LogP contribution in [0.4, 0.5) is 5.82 Å². The van der Waals surface area contributed by atoms with Gasteiger partial charge in [0.1, 0.15) is 19.0 Å². The summed E-state index contributed by atoms with van der Waals surface area (Å²) in [5.74, 6) is 1.25. The molecule has 1 unspecified atom stereocenters. The maximum absolute atomic E-state index is 11.2. The maximum Gasteiger partial charge on any atom is 0.354 e. The summed E-state index contributed by atoms with van der Waals surface area (Å²) in [6.45, 7) is 2.00. The molecule has 6 nitrogen and oxygen atoms in total. The SMILES string of the molecule is O=C(O)c1cccc(N2CCCC2c2ccc3c(c2)OCCO3)n1. The smallest absolute Gasteiger partial charge is 0.354 e. The largest absolute Gasteiger partial charge is 0.486 e. The Bertz CT molecular complexity index is 777. The van der Waals surface area contributed by atoms with E-state index in [1.165, 1.54) is 6.07 Å². The van der Waals surface area contributed by atoms with Crippen molar-refractivity contribution in [2.75, 3.05) is 24.7 Å². The van der Waals surface area contributed by atoms with Gasteiger partial charge in [-0.3, -0.25) is 0 Å². The molecule has 4 rings (SSSR count). The Morgan fingerprint density at radius 1 is 1.17 bits per heavy atom. The normalized spacial score (nSPS) is 19.3. The highest BCUT2D eigenvalue weighted by molar-refractivity contribution is 5.85. The van der Waals surface area contributed by atoms with E-state index in [0.717, 1.165) is 36.4 Å². The van der Waals surface area contributed by atoms with E-state index in [2.05, 4.69) is 16.0 Å². The van der Waals surface area contributed by atoms with Gasteiger partial charge in [0, 0.05) is 6.54 Å². The van der Waals surface area contributed by atoms with Crippen molar-refractivity contribution in [3.8, 4) is 11.5 Å². The average Bonchev–Trinajstić information content (AvgIpc) is 3.11. The number of pyridine rings is 1. The molecule has 0 aliphatic carbocycles. The second kappa shape index (κ2) is 6.03. The molecule has 124 valence electrons. The number of aromatic carboxylic acids is 1. The summed E-state index contributed by atoms with van der Waals surface area (Å²) in [6.07, 6.45) is 2.04. The van der Waals surface area contributed by atoms with Gasteiger partial charge in [-0.25, -0.2) is 9.78 Å². The number of anilines is 1. The first kappa shape index (κ1) is 14.8. The minimum atomic E-state index is -1.01. The van der Waals surface area contributed by atoms with Gasteiger partial charge < -0.3 is 19.5 Å². The number of ether oxygens (including phenoxy) is 2. The molecule has 0 amide bonds. The van der Waals surface area contributed by atoms with Crippen molar-refractivity contribution in [1.82, 2.24) is 4.98 Å². The first-order valence-electron chi connectivity index (χ1n) is 8.09. The van der Waals surface area contributed by atoms with Crippen molar-refractivity contribution in [2.24, 2.45) is 0 Å². The van der Waals surface area contributed by atoms with Gasteiger partial charge in [0.15, 0.2) is 17.2 Å². The lowest BCUT2D eigenvalue weighted by molar-refractivity contribution is 0.0690. The van der Waals surface area contributed by atoms with Gasteiger partial charge >= 0.3 is 5.97 Å². The lowest BCUT2D eigenvalue weighted by Gasteiger charge is -2.27. The third kappa shape index (κ3) is 2.64. The molecular weight excluding hydrogens is 308 g/mol. The molecule has 1 atom stereocenters. The molecule has 2 aromatic rings. The highest BCUT2D eigenvalue weighted by Crippen LogP contribution is 2.39. The van der Waals surface area contributed by atoms with Crippen molar-refractivity contribution >= 4 is 11.8 Å². The fourth-order valence-electron chi connectivity index (χ4n) is 3.36. The predicted octanol–water partition coefficient (Wildman–Crippen LogP) is 2.89. The standard InChI is InChI=1S/C18H18N2O4/c21-18(22)13-3-1-5-17(19-13)20-8-2-4-14(20)12-6-7-15-16(11-12)24-10-9-23-15/h1,3,5-7,11,14H,2,4,8-10H2,(H,21,22). The number of carbonyl (C=O) groups is 1. The summed E-state index contributed by atoms with van der Waals surface area (Å²) in [7, 11) is 0. The van der Waals surface area contributed by atoms with Crippen LogP contribution in [0.1, 0.15) is 34.9 Å². The molecule has 2 aliphatic heterocycles. The maximum atomic E-state index is 11.2. The topological polar surface area (TPSA) is 71.9 Å². The van der Waals surface area contributed by atoms with Crippen molar-refractivity contribution in [1.29, 1.82) is 0 Å². The molecule has 1 saturated heterocycles. The number of hydrogen-bond acceptors (Lipinski definition) is 5. The van der Waals surface area contributed by atoms with Gasteiger partial charge in [-0.2, -0.15) is 0 Å². The molecule has 24 heavy (non-hydrogen) atoms. The number of hydrogen-bond donors (Lipinski definition) is 1. The molecule has 1 aromatic heterocycles. The third-order valence-electron chi connectivity index (χ3n) is 4.45.